The summed E-state index contributed by atoms with van der Waals surface area (Å²) >= 11 is 0. The summed E-state index contributed by atoms with van der Waals surface area (Å²) in [5, 5.41) is 0. The summed E-state index contributed by atoms with van der Waals surface area (Å²) in [6.45, 7) is 15.4. The van der Waals surface area contributed by atoms with Crippen molar-refractivity contribution in [3.63, 3.8) is 0 Å². The molecule has 0 amide bonds. The molecule has 0 spiro atoms. The summed E-state index contributed by atoms with van der Waals surface area (Å²) in [5.74, 6) is 0.895. The predicted molar refractivity (Wildman–Crippen MR) is 92.7 cm³/mol. The van der Waals surface area contributed by atoms with Crippen molar-refractivity contribution < 1.29 is 9.59 Å². The molecule has 2 heteroatoms. The van der Waals surface area contributed by atoms with Gasteiger partial charge in [0.1, 0.15) is 11.6 Å². The van der Waals surface area contributed by atoms with Crippen LogP contribution in [0.2, 0.25) is 0 Å². The van der Waals surface area contributed by atoms with Crippen LogP contribution in [0.4, 0.5) is 0 Å². The van der Waals surface area contributed by atoms with Crippen molar-refractivity contribution in [2.24, 2.45) is 28.6 Å². The zero-order valence-corrected chi connectivity index (χ0v) is 15.4. The van der Waals surface area contributed by atoms with Gasteiger partial charge in [-0.1, -0.05) is 47.6 Å². The van der Waals surface area contributed by atoms with Crippen molar-refractivity contribution in [2.75, 3.05) is 0 Å². The van der Waals surface area contributed by atoms with E-state index in [2.05, 4.69) is 6.58 Å². The van der Waals surface area contributed by atoms with E-state index in [4.69, 9.17) is 0 Å². The Balaban J connectivity index is 2.86. The number of allylic oxidation sites excluding steroid dienone is 1. The molecule has 126 valence electrons. The summed E-state index contributed by atoms with van der Waals surface area (Å²) in [6.07, 6.45) is 7.30. The third kappa shape index (κ3) is 5.07. The number of rotatable bonds is 5. The van der Waals surface area contributed by atoms with Crippen molar-refractivity contribution >= 4 is 11.6 Å². The fourth-order valence-corrected chi connectivity index (χ4v) is 3.37. The Morgan fingerprint density at radius 1 is 0.955 bits per heavy atom. The van der Waals surface area contributed by atoms with Crippen molar-refractivity contribution in [2.45, 2.75) is 73.6 Å². The maximum atomic E-state index is 12.8. The minimum Gasteiger partial charge on any atom is -0.298 e. The molecule has 1 saturated carbocycles. The third-order valence-corrected chi connectivity index (χ3v) is 4.91. The van der Waals surface area contributed by atoms with Crippen LogP contribution in [0.25, 0.3) is 0 Å². The Hall–Kier alpha value is -0.920. The highest BCUT2D eigenvalue weighted by molar-refractivity contribution is 6.06. The first-order valence-electron chi connectivity index (χ1n) is 8.68. The van der Waals surface area contributed by atoms with Gasteiger partial charge >= 0.3 is 0 Å². The molecule has 1 aliphatic rings. The molecular weight excluding hydrogens is 272 g/mol. The molecule has 22 heavy (non-hydrogen) atoms. The van der Waals surface area contributed by atoms with E-state index in [0.717, 1.165) is 32.1 Å². The second-order valence-electron chi connectivity index (χ2n) is 9.03. The number of carbonyl (C=O) groups excluding carboxylic acids is 2. The average molecular weight is 306 g/mol. The molecule has 1 fully saturated rings. The molecule has 0 heterocycles. The van der Waals surface area contributed by atoms with Crippen molar-refractivity contribution in [3.05, 3.63) is 12.7 Å². The predicted octanol–water partition coefficient (Wildman–Crippen LogP) is 5.22. The van der Waals surface area contributed by atoms with Gasteiger partial charge in [-0.15, -0.1) is 6.58 Å². The van der Waals surface area contributed by atoms with Crippen molar-refractivity contribution in [3.8, 4) is 0 Å². The first-order valence-corrected chi connectivity index (χ1v) is 8.68. The van der Waals surface area contributed by atoms with E-state index in [1.54, 1.807) is 0 Å². The maximum Gasteiger partial charge on any atom is 0.148 e. The van der Waals surface area contributed by atoms with E-state index >= 15 is 0 Å². The second kappa shape index (κ2) is 7.10. The van der Waals surface area contributed by atoms with Gasteiger partial charge in [0.15, 0.2) is 0 Å². The molecule has 0 radical (unpaired) electrons. The highest BCUT2D eigenvalue weighted by atomic mass is 16.2. The molecule has 0 N–H and O–H groups in total. The quantitative estimate of drug-likeness (QED) is 0.516. The van der Waals surface area contributed by atoms with Crippen molar-refractivity contribution in [1.82, 2.24) is 0 Å². The average Bonchev–Trinajstić information content (AvgIpc) is 2.42. The topological polar surface area (TPSA) is 34.1 Å². The number of hydrogen-bond acceptors (Lipinski definition) is 2. The SMILES string of the molecule is C=CC1CCC(CC(C(=O)C(C)(C)C)C(=O)C(C)(C)C)CC1. The molecule has 0 saturated heterocycles. The van der Waals surface area contributed by atoms with Gasteiger partial charge in [-0.2, -0.15) is 0 Å². The van der Waals surface area contributed by atoms with Crippen LogP contribution in [-0.4, -0.2) is 11.6 Å². The standard InChI is InChI=1S/C20H34O2/c1-8-14-9-11-15(12-10-14)13-16(17(21)19(2,3)4)18(22)20(5,6)7/h8,14-16H,1,9-13H2,2-7H3. The number of ketones is 2. The van der Waals surface area contributed by atoms with E-state index in [-0.39, 0.29) is 11.6 Å². The highest BCUT2D eigenvalue weighted by Crippen LogP contribution is 2.37. The fraction of sp³-hybridized carbons (Fsp3) is 0.800. The van der Waals surface area contributed by atoms with E-state index < -0.39 is 16.7 Å². The van der Waals surface area contributed by atoms with Gasteiger partial charge in [-0.25, -0.2) is 0 Å². The molecule has 0 aromatic rings. The molecule has 2 nitrogen and oxygen atoms in total. The van der Waals surface area contributed by atoms with Gasteiger partial charge < -0.3 is 0 Å². The molecule has 0 unspecified atom stereocenters. The molecule has 0 aliphatic heterocycles. The lowest BCUT2D eigenvalue weighted by Crippen LogP contribution is -2.40. The summed E-state index contributed by atoms with van der Waals surface area (Å²) in [4.78, 5) is 25.6. The fourth-order valence-electron chi connectivity index (χ4n) is 3.37. The highest BCUT2D eigenvalue weighted by Gasteiger charge is 2.40. The molecule has 0 bridgehead atoms. The van der Waals surface area contributed by atoms with Crippen LogP contribution >= 0.6 is 0 Å². The number of carbonyl (C=O) groups is 2. The zero-order valence-electron chi connectivity index (χ0n) is 15.4. The second-order valence-corrected chi connectivity index (χ2v) is 9.03. The number of hydrogen-bond donors (Lipinski definition) is 0. The van der Waals surface area contributed by atoms with Gasteiger partial charge in [-0.05, 0) is 43.9 Å². The molecule has 1 aliphatic carbocycles. The van der Waals surface area contributed by atoms with Crippen LogP contribution < -0.4 is 0 Å². The Morgan fingerprint density at radius 3 is 1.68 bits per heavy atom. The minimum absolute atomic E-state index is 0.110. The minimum atomic E-state index is -0.454. The van der Waals surface area contributed by atoms with Gasteiger partial charge in [0.2, 0.25) is 0 Å². The Bertz CT molecular complexity index is 386. The first kappa shape index (κ1) is 19.1. The van der Waals surface area contributed by atoms with Crippen LogP contribution in [0.5, 0.6) is 0 Å². The largest absolute Gasteiger partial charge is 0.298 e. The molecule has 1 rings (SSSR count). The Kier molecular flexibility index (Phi) is 6.18. The van der Waals surface area contributed by atoms with Gasteiger partial charge in [0, 0.05) is 10.8 Å². The summed E-state index contributed by atoms with van der Waals surface area (Å²) < 4.78 is 0. The monoisotopic (exact) mass is 306 g/mol. The van der Waals surface area contributed by atoms with Crippen LogP contribution in [-0.2, 0) is 9.59 Å². The smallest absolute Gasteiger partial charge is 0.148 e. The Labute approximate surface area is 136 Å². The lowest BCUT2D eigenvalue weighted by molar-refractivity contribution is -0.142. The lowest BCUT2D eigenvalue weighted by atomic mass is 9.69. The third-order valence-electron chi connectivity index (χ3n) is 4.91. The lowest BCUT2D eigenvalue weighted by Gasteiger charge is -2.33. The maximum absolute atomic E-state index is 12.8. The summed E-state index contributed by atoms with van der Waals surface area (Å²) in [6, 6.07) is 0. The summed E-state index contributed by atoms with van der Waals surface area (Å²) in [7, 11) is 0. The molecule has 0 aromatic carbocycles. The number of Topliss-reactive ketones (excluding diaryl/α,β-unsaturated/α-hetero) is 2. The van der Waals surface area contributed by atoms with Crippen LogP contribution in [0, 0.1) is 28.6 Å². The molecular formula is C20H34O2. The zero-order chi connectivity index (χ0) is 17.1. The van der Waals surface area contributed by atoms with E-state index in [0.29, 0.717) is 11.8 Å². The van der Waals surface area contributed by atoms with E-state index in [9.17, 15) is 9.59 Å². The van der Waals surface area contributed by atoms with E-state index in [1.807, 2.05) is 47.6 Å². The van der Waals surface area contributed by atoms with Crippen LogP contribution in [0.1, 0.15) is 73.6 Å². The van der Waals surface area contributed by atoms with Gasteiger partial charge in [0.05, 0.1) is 5.92 Å². The molecule has 0 atom stereocenters. The van der Waals surface area contributed by atoms with Crippen LogP contribution in [0.15, 0.2) is 12.7 Å². The van der Waals surface area contributed by atoms with Crippen molar-refractivity contribution in [1.29, 1.82) is 0 Å². The Morgan fingerprint density at radius 2 is 1.36 bits per heavy atom. The van der Waals surface area contributed by atoms with Gasteiger partial charge in [-0.3, -0.25) is 9.59 Å². The summed E-state index contributed by atoms with van der Waals surface area (Å²) in [5.41, 5.74) is -0.909. The van der Waals surface area contributed by atoms with Crippen LogP contribution in [0.3, 0.4) is 0 Å². The molecule has 0 aromatic heterocycles. The van der Waals surface area contributed by atoms with Gasteiger partial charge in [0.25, 0.3) is 0 Å². The van der Waals surface area contributed by atoms with E-state index in [1.165, 1.54) is 0 Å². The first-order chi connectivity index (χ1) is 9.96. The normalized spacial score (nSPS) is 23.4.